The number of imidazole rings is 2. The predicted molar refractivity (Wildman–Crippen MR) is 230 cm³/mol. The molecule has 8 aromatic rings. The molecule has 8 aromatic heterocycles. The maximum Gasteiger partial charge on any atom is 0.142 e. The third-order valence-electron chi connectivity index (χ3n) is 11.1. The summed E-state index contributed by atoms with van der Waals surface area (Å²) in [6.07, 6.45) is 9.39. The molecule has 12 nitrogen and oxygen atoms in total. The summed E-state index contributed by atoms with van der Waals surface area (Å²) in [7, 11) is 1.38. The molecule has 0 radical (unpaired) electrons. The number of thiophene rings is 2. The summed E-state index contributed by atoms with van der Waals surface area (Å²) < 4.78 is 33.4. The number of nitrogen functional groups attached to an aromatic ring is 2. The molecule has 4 atom stereocenters. The van der Waals surface area contributed by atoms with E-state index in [1.165, 1.54) is 45.3 Å². The molecule has 2 aliphatic carbocycles. The highest BCUT2D eigenvalue weighted by molar-refractivity contribution is 7.88. The van der Waals surface area contributed by atoms with Crippen molar-refractivity contribution >= 4 is 98.8 Å². The van der Waals surface area contributed by atoms with Gasteiger partial charge < -0.3 is 20.6 Å². The van der Waals surface area contributed by atoms with Crippen molar-refractivity contribution in [2.24, 2.45) is 20.0 Å². The van der Waals surface area contributed by atoms with E-state index in [1.54, 1.807) is 6.20 Å². The molecule has 286 valence electrons. The summed E-state index contributed by atoms with van der Waals surface area (Å²) in [5, 5.41) is 7.03. The zero-order valence-corrected chi connectivity index (χ0v) is 35.7. The lowest BCUT2D eigenvalue weighted by molar-refractivity contribution is 0.419. The average molecular weight is 857 g/mol. The van der Waals surface area contributed by atoms with Crippen LogP contribution in [0, 0.1) is 19.8 Å². The lowest BCUT2D eigenvalue weighted by Gasteiger charge is -2.34. The molecule has 10 rings (SSSR count). The summed E-state index contributed by atoms with van der Waals surface area (Å²) in [6, 6.07) is 4.04. The Kier molecular flexibility index (Phi) is 8.86. The van der Waals surface area contributed by atoms with E-state index >= 15 is 0 Å². The van der Waals surface area contributed by atoms with Crippen LogP contribution in [0.15, 0.2) is 49.9 Å². The second-order valence-corrected chi connectivity index (χ2v) is 21.8. The van der Waals surface area contributed by atoms with Gasteiger partial charge in [-0.3, -0.25) is 8.42 Å². The van der Waals surface area contributed by atoms with Gasteiger partial charge in [-0.25, -0.2) is 29.9 Å². The third-order valence-corrected chi connectivity index (χ3v) is 19.2. The Hall–Kier alpha value is -4.20. The molecule has 0 bridgehead atoms. The van der Waals surface area contributed by atoms with Gasteiger partial charge in [-0.1, -0.05) is 0 Å². The normalized spacial score (nSPS) is 18.2. The van der Waals surface area contributed by atoms with Gasteiger partial charge in [0.05, 0.1) is 62.4 Å². The molecule has 4 unspecified atom stereocenters. The Bertz CT molecular complexity index is 2900. The van der Waals surface area contributed by atoms with Crippen LogP contribution < -0.4 is 11.5 Å². The number of anilines is 2. The fraction of sp³-hybridized carbons (Fsp3) is 0.316. The molecule has 2 aliphatic rings. The molecule has 0 aromatic carbocycles. The van der Waals surface area contributed by atoms with Gasteiger partial charge in [0.25, 0.3) is 0 Å². The van der Waals surface area contributed by atoms with Gasteiger partial charge in [0.2, 0.25) is 0 Å². The highest BCUT2D eigenvalue weighted by Crippen LogP contribution is 2.49. The molecule has 2 saturated carbocycles. The highest BCUT2D eigenvalue weighted by Gasteiger charge is 2.40. The number of hydrogen-bond donors (Lipinski definition) is 2. The minimum absolute atomic E-state index is 0.000216. The van der Waals surface area contributed by atoms with Crippen LogP contribution in [-0.4, -0.2) is 58.5 Å². The summed E-state index contributed by atoms with van der Waals surface area (Å²) in [5.74, 6) is 2.88. The zero-order chi connectivity index (χ0) is 38.6. The molecule has 0 saturated heterocycles. The molecular formula is C38H36N10O2S6. The number of pyridine rings is 2. The molecule has 2 fully saturated rings. The first-order chi connectivity index (χ1) is 27.0. The Labute approximate surface area is 343 Å². The molecule has 0 aliphatic heterocycles. The Morgan fingerprint density at radius 3 is 1.91 bits per heavy atom. The van der Waals surface area contributed by atoms with E-state index < -0.39 is 21.6 Å². The minimum atomic E-state index is -1.40. The first-order valence-electron chi connectivity index (χ1n) is 18.1. The number of nitrogens with two attached hydrogens (primary N) is 2. The van der Waals surface area contributed by atoms with Crippen LogP contribution in [0.1, 0.15) is 48.9 Å². The number of aryl methyl sites for hydroxylation is 2. The smallest absolute Gasteiger partial charge is 0.142 e. The van der Waals surface area contributed by atoms with E-state index in [4.69, 9.17) is 26.4 Å². The lowest BCUT2D eigenvalue weighted by Crippen LogP contribution is -2.33. The lowest BCUT2D eigenvalue weighted by atomic mass is 9.82. The summed E-state index contributed by atoms with van der Waals surface area (Å²) in [6.45, 7) is 3.93. The number of fused-ring (bicyclic) bond motifs is 2. The predicted octanol–water partition coefficient (Wildman–Crippen LogP) is 8.31. The molecule has 18 heteroatoms. The fourth-order valence-corrected chi connectivity index (χ4v) is 15.0. The molecule has 0 amide bonds. The third kappa shape index (κ3) is 5.90. The monoisotopic (exact) mass is 856 g/mol. The van der Waals surface area contributed by atoms with E-state index in [-0.39, 0.29) is 11.2 Å². The van der Waals surface area contributed by atoms with Gasteiger partial charge in [0.1, 0.15) is 51.1 Å². The Morgan fingerprint density at radius 1 is 0.768 bits per heavy atom. The molecule has 4 N–H and O–H groups in total. The van der Waals surface area contributed by atoms with Gasteiger partial charge in [-0.05, 0) is 57.6 Å². The zero-order valence-electron chi connectivity index (χ0n) is 30.8. The second-order valence-electron chi connectivity index (χ2n) is 14.5. The van der Waals surface area contributed by atoms with Gasteiger partial charge in [0, 0.05) is 69.9 Å². The van der Waals surface area contributed by atoms with Crippen LogP contribution in [0.2, 0.25) is 0 Å². The van der Waals surface area contributed by atoms with Crippen molar-refractivity contribution in [1.82, 2.24) is 39.0 Å². The largest absolute Gasteiger partial charge is 0.396 e. The first kappa shape index (κ1) is 36.2. The molecule has 0 spiro atoms. The van der Waals surface area contributed by atoms with Crippen molar-refractivity contribution in [2.45, 2.75) is 59.1 Å². The average Bonchev–Trinajstić information content (AvgIpc) is 3.76. The van der Waals surface area contributed by atoms with Crippen LogP contribution in [0.25, 0.3) is 64.4 Å². The van der Waals surface area contributed by atoms with Gasteiger partial charge in [-0.15, -0.1) is 45.3 Å². The Balaban J connectivity index is 1.00. The summed E-state index contributed by atoms with van der Waals surface area (Å²) in [5.41, 5.74) is 20.7. The van der Waals surface area contributed by atoms with Gasteiger partial charge in [-0.2, -0.15) is 0 Å². The van der Waals surface area contributed by atoms with Crippen LogP contribution in [0.4, 0.5) is 11.4 Å². The van der Waals surface area contributed by atoms with Crippen LogP contribution in [0.3, 0.4) is 0 Å². The quantitative estimate of drug-likeness (QED) is 0.136. The van der Waals surface area contributed by atoms with Crippen molar-refractivity contribution in [1.29, 1.82) is 0 Å². The second kappa shape index (κ2) is 13.7. The molecule has 56 heavy (non-hydrogen) atoms. The van der Waals surface area contributed by atoms with E-state index in [1.807, 2.05) is 67.0 Å². The van der Waals surface area contributed by atoms with Crippen molar-refractivity contribution < 1.29 is 8.42 Å². The number of nitrogens with zero attached hydrogens (tertiary/aromatic N) is 8. The van der Waals surface area contributed by atoms with Gasteiger partial charge in [0.15, 0.2) is 0 Å². The number of aromatic nitrogens is 8. The van der Waals surface area contributed by atoms with Crippen molar-refractivity contribution in [2.75, 3.05) is 17.2 Å². The van der Waals surface area contributed by atoms with Crippen molar-refractivity contribution in [3.05, 3.63) is 58.8 Å². The van der Waals surface area contributed by atoms with E-state index in [0.29, 0.717) is 37.2 Å². The van der Waals surface area contributed by atoms with Gasteiger partial charge >= 0.3 is 0 Å². The molecule has 8 heterocycles. The number of rotatable bonds is 10. The van der Waals surface area contributed by atoms with E-state index in [9.17, 15) is 8.42 Å². The SMILES string of the molecule is Cc1ncc(-c2cc(-c3nc(C4CCC4S(=O)c4sc5nc(-c6nccs6)cc(-c6cnc(C)n6C)c5c4N)cs3)nc3sc(S(=O)CC4CC4)c(N)c23)n1C. The Morgan fingerprint density at radius 2 is 1.38 bits per heavy atom. The maximum atomic E-state index is 14.6. The highest BCUT2D eigenvalue weighted by atomic mass is 32.2. The number of thiazole rings is 2. The first-order valence-corrected chi connectivity index (χ1v) is 24.1. The van der Waals surface area contributed by atoms with E-state index in [2.05, 4.69) is 20.3 Å². The maximum absolute atomic E-state index is 14.6. The standard InChI is InChI=1S/C38H36N10O2S6/c1-17-42-13-26(47(17)3)21-11-23(33-41-9-10-51-33)44-36-30(21)32(40)38(54-36)56(50)28-8-7-20(28)25-15-52-34(46-25)24-12-22(27-14-43-18(2)48(27)4)29-31(39)37(53-35(29)45-24)55(49)16-19-5-6-19/h9-15,19-20,28H,5-8,16,39-40H2,1-4H3. The van der Waals surface area contributed by atoms with Crippen LogP contribution >= 0.6 is 45.3 Å². The molecular weight excluding hydrogens is 821 g/mol. The topological polar surface area (TPSA) is 173 Å². The van der Waals surface area contributed by atoms with E-state index in [0.717, 1.165) is 102 Å². The summed E-state index contributed by atoms with van der Waals surface area (Å²) in [4.78, 5) is 30.3. The van der Waals surface area contributed by atoms with Crippen LogP contribution in [-0.2, 0) is 35.7 Å². The fourth-order valence-electron chi connectivity index (χ4n) is 7.35. The van der Waals surface area contributed by atoms with Crippen molar-refractivity contribution in [3.8, 4) is 43.9 Å². The summed E-state index contributed by atoms with van der Waals surface area (Å²) >= 11 is 5.87. The minimum Gasteiger partial charge on any atom is -0.396 e. The van der Waals surface area contributed by atoms with Crippen LogP contribution in [0.5, 0.6) is 0 Å². The number of hydrogen-bond acceptors (Lipinski definition) is 14. The van der Waals surface area contributed by atoms with Crippen molar-refractivity contribution in [3.63, 3.8) is 0 Å².